The van der Waals surface area contributed by atoms with Crippen LogP contribution in [0.1, 0.15) is 44.0 Å². The first kappa shape index (κ1) is 17.4. The number of nitro groups is 1. The molecule has 2 rings (SSSR count). The Labute approximate surface area is 135 Å². The maximum atomic E-state index is 12.1. The van der Waals surface area contributed by atoms with Crippen molar-refractivity contribution < 1.29 is 14.8 Å². The van der Waals surface area contributed by atoms with Crippen molar-refractivity contribution in [2.75, 3.05) is 6.61 Å². The Balaban J connectivity index is 1.95. The number of carbonyl (C=O) groups is 1. The van der Waals surface area contributed by atoms with Crippen LogP contribution in [0.4, 0.5) is 5.69 Å². The van der Waals surface area contributed by atoms with Crippen LogP contribution < -0.4 is 5.32 Å². The van der Waals surface area contributed by atoms with E-state index in [0.29, 0.717) is 17.9 Å². The molecule has 0 aromatic carbocycles. The first-order chi connectivity index (χ1) is 10.8. The number of nitrogens with one attached hydrogen (secondary N) is 1. The first-order valence-electron chi connectivity index (χ1n) is 7.87. The standard InChI is InChI=1S/C15H24N4O4/c1-10-14(19(22)23)11(2)18(17-10)8-6-13(21)16-12-5-4-7-15(12,3)9-20/h12,20H,4-9H2,1-3H3,(H,16,21). The SMILES string of the molecule is Cc1nn(CCC(=O)NC2CCCC2(C)CO)c(C)c1[N+](=O)[O-]. The minimum atomic E-state index is -0.445. The Kier molecular flexibility index (Phi) is 5.03. The average Bonchev–Trinajstić information content (AvgIpc) is 2.98. The Morgan fingerprint density at radius 3 is 2.83 bits per heavy atom. The minimum Gasteiger partial charge on any atom is -0.396 e. The van der Waals surface area contributed by atoms with E-state index in [1.54, 1.807) is 13.8 Å². The Morgan fingerprint density at radius 1 is 1.57 bits per heavy atom. The number of hydrogen-bond donors (Lipinski definition) is 2. The maximum absolute atomic E-state index is 12.1. The average molecular weight is 324 g/mol. The van der Waals surface area contributed by atoms with Crippen molar-refractivity contribution in [1.29, 1.82) is 0 Å². The van der Waals surface area contributed by atoms with Crippen LogP contribution in [0.2, 0.25) is 0 Å². The van der Waals surface area contributed by atoms with E-state index >= 15 is 0 Å². The summed E-state index contributed by atoms with van der Waals surface area (Å²) in [6.07, 6.45) is 2.97. The van der Waals surface area contributed by atoms with Crippen LogP contribution in [0.5, 0.6) is 0 Å². The second-order valence-electron chi connectivity index (χ2n) is 6.57. The summed E-state index contributed by atoms with van der Waals surface area (Å²) >= 11 is 0. The summed E-state index contributed by atoms with van der Waals surface area (Å²) in [5.74, 6) is -0.119. The molecule has 0 radical (unpaired) electrons. The van der Waals surface area contributed by atoms with Gasteiger partial charge in [-0.1, -0.05) is 13.3 Å². The normalized spacial score (nSPS) is 23.9. The summed E-state index contributed by atoms with van der Waals surface area (Å²) < 4.78 is 1.51. The van der Waals surface area contributed by atoms with E-state index in [1.165, 1.54) is 4.68 Å². The zero-order chi connectivity index (χ0) is 17.2. The lowest BCUT2D eigenvalue weighted by atomic mass is 9.86. The summed E-state index contributed by atoms with van der Waals surface area (Å²) in [4.78, 5) is 22.7. The molecule has 1 aliphatic carbocycles. The number of amides is 1. The van der Waals surface area contributed by atoms with E-state index in [0.717, 1.165) is 19.3 Å². The molecular weight excluding hydrogens is 300 g/mol. The zero-order valence-corrected chi connectivity index (χ0v) is 13.8. The van der Waals surface area contributed by atoms with Gasteiger partial charge in [0.15, 0.2) is 0 Å². The van der Waals surface area contributed by atoms with E-state index in [1.807, 2.05) is 6.92 Å². The van der Waals surface area contributed by atoms with Gasteiger partial charge in [0.2, 0.25) is 5.91 Å². The quantitative estimate of drug-likeness (QED) is 0.608. The summed E-state index contributed by atoms with van der Waals surface area (Å²) in [6, 6.07) is -0.0187. The van der Waals surface area contributed by atoms with Gasteiger partial charge < -0.3 is 10.4 Å². The molecule has 0 saturated heterocycles. The van der Waals surface area contributed by atoms with Crippen molar-refractivity contribution >= 4 is 11.6 Å². The van der Waals surface area contributed by atoms with Crippen LogP contribution in [-0.2, 0) is 11.3 Å². The lowest BCUT2D eigenvalue weighted by Crippen LogP contribution is -2.45. The molecule has 0 bridgehead atoms. The van der Waals surface area contributed by atoms with Crippen LogP contribution in [0.3, 0.4) is 0 Å². The van der Waals surface area contributed by atoms with Crippen LogP contribution in [-0.4, -0.2) is 38.4 Å². The highest BCUT2D eigenvalue weighted by molar-refractivity contribution is 5.76. The van der Waals surface area contributed by atoms with Crippen molar-refractivity contribution in [3.8, 4) is 0 Å². The Hall–Kier alpha value is -1.96. The fourth-order valence-corrected chi connectivity index (χ4v) is 3.31. The van der Waals surface area contributed by atoms with Gasteiger partial charge in [-0.2, -0.15) is 5.10 Å². The van der Waals surface area contributed by atoms with Crippen LogP contribution in [0, 0.1) is 29.4 Å². The molecule has 1 saturated carbocycles. The molecule has 1 aromatic heterocycles. The summed E-state index contributed by atoms with van der Waals surface area (Å²) in [5, 5.41) is 27.6. The molecule has 0 aliphatic heterocycles. The Morgan fingerprint density at radius 2 is 2.26 bits per heavy atom. The van der Waals surface area contributed by atoms with Crippen molar-refractivity contribution in [2.45, 2.75) is 59.0 Å². The largest absolute Gasteiger partial charge is 0.396 e. The molecule has 1 amide bonds. The minimum absolute atomic E-state index is 0.00839. The highest BCUT2D eigenvalue weighted by Crippen LogP contribution is 2.37. The number of aromatic nitrogens is 2. The zero-order valence-electron chi connectivity index (χ0n) is 13.8. The second-order valence-corrected chi connectivity index (χ2v) is 6.57. The van der Waals surface area contributed by atoms with Crippen molar-refractivity contribution in [2.24, 2.45) is 5.41 Å². The number of aryl methyl sites for hydroxylation is 2. The molecule has 1 fully saturated rings. The molecule has 128 valence electrons. The van der Waals surface area contributed by atoms with Gasteiger partial charge in [-0.15, -0.1) is 0 Å². The van der Waals surface area contributed by atoms with Crippen LogP contribution >= 0.6 is 0 Å². The topological polar surface area (TPSA) is 110 Å². The van der Waals surface area contributed by atoms with Gasteiger partial charge >= 0.3 is 5.69 Å². The Bertz CT molecular complexity index is 613. The summed E-state index contributed by atoms with van der Waals surface area (Å²) in [7, 11) is 0. The van der Waals surface area contributed by atoms with E-state index in [-0.39, 0.29) is 36.1 Å². The van der Waals surface area contributed by atoms with Crippen molar-refractivity contribution in [3.05, 3.63) is 21.5 Å². The smallest absolute Gasteiger partial charge is 0.312 e. The number of nitrogens with zero attached hydrogens (tertiary/aromatic N) is 3. The van der Waals surface area contributed by atoms with Crippen molar-refractivity contribution in [3.63, 3.8) is 0 Å². The van der Waals surface area contributed by atoms with Gasteiger partial charge in [0, 0.05) is 17.9 Å². The van der Waals surface area contributed by atoms with Crippen LogP contribution in [0.15, 0.2) is 0 Å². The third-order valence-corrected chi connectivity index (χ3v) is 4.85. The predicted molar refractivity (Wildman–Crippen MR) is 83.9 cm³/mol. The fraction of sp³-hybridized carbons (Fsp3) is 0.733. The third-order valence-electron chi connectivity index (χ3n) is 4.85. The number of aliphatic hydroxyl groups excluding tert-OH is 1. The molecule has 2 unspecified atom stereocenters. The summed E-state index contributed by atoms with van der Waals surface area (Å²) in [5.41, 5.74) is 0.569. The van der Waals surface area contributed by atoms with E-state index < -0.39 is 4.92 Å². The number of hydrogen-bond acceptors (Lipinski definition) is 5. The number of rotatable bonds is 6. The van der Waals surface area contributed by atoms with Gasteiger partial charge in [-0.25, -0.2) is 0 Å². The molecule has 2 N–H and O–H groups in total. The highest BCUT2D eigenvalue weighted by Gasteiger charge is 2.38. The van der Waals surface area contributed by atoms with Crippen LogP contribution in [0.25, 0.3) is 0 Å². The molecule has 1 aliphatic rings. The number of aliphatic hydroxyl groups is 1. The molecule has 2 atom stereocenters. The predicted octanol–water partition coefficient (Wildman–Crippen LogP) is 1.47. The molecule has 1 heterocycles. The fourth-order valence-electron chi connectivity index (χ4n) is 3.31. The molecule has 8 nitrogen and oxygen atoms in total. The van der Waals surface area contributed by atoms with Gasteiger partial charge in [-0.3, -0.25) is 19.6 Å². The lowest BCUT2D eigenvalue weighted by molar-refractivity contribution is -0.386. The summed E-state index contributed by atoms with van der Waals surface area (Å²) in [6.45, 7) is 5.56. The van der Waals surface area contributed by atoms with E-state index in [2.05, 4.69) is 10.4 Å². The van der Waals surface area contributed by atoms with Gasteiger partial charge in [0.05, 0.1) is 18.1 Å². The molecule has 23 heavy (non-hydrogen) atoms. The van der Waals surface area contributed by atoms with Gasteiger partial charge in [-0.05, 0) is 26.7 Å². The lowest BCUT2D eigenvalue weighted by Gasteiger charge is -2.30. The van der Waals surface area contributed by atoms with Gasteiger partial charge in [0.1, 0.15) is 11.4 Å². The van der Waals surface area contributed by atoms with Crippen molar-refractivity contribution in [1.82, 2.24) is 15.1 Å². The van der Waals surface area contributed by atoms with Gasteiger partial charge in [0.25, 0.3) is 0 Å². The molecule has 0 spiro atoms. The molecule has 8 heteroatoms. The third kappa shape index (κ3) is 3.52. The molecule has 1 aromatic rings. The first-order valence-corrected chi connectivity index (χ1v) is 7.87. The maximum Gasteiger partial charge on any atom is 0.312 e. The second kappa shape index (κ2) is 6.66. The highest BCUT2D eigenvalue weighted by atomic mass is 16.6. The van der Waals surface area contributed by atoms with E-state index in [9.17, 15) is 20.0 Å². The molecular formula is C15H24N4O4. The van der Waals surface area contributed by atoms with E-state index in [4.69, 9.17) is 0 Å². The number of carbonyl (C=O) groups excluding carboxylic acids is 1. The monoisotopic (exact) mass is 324 g/mol.